The minimum Gasteiger partial charge on any atom is -0.309 e. The summed E-state index contributed by atoms with van der Waals surface area (Å²) in [5.41, 5.74) is 16.4. The van der Waals surface area contributed by atoms with Gasteiger partial charge in [-0.05, 0) is 149 Å². The number of nitrogens with zero attached hydrogens (tertiary/aromatic N) is 2. The molecular weight excluding hydrogens is 800 g/mol. The fourth-order valence-corrected chi connectivity index (χ4v) is 8.90. The Kier molecular flexibility index (Phi) is 9.25. The van der Waals surface area contributed by atoms with Gasteiger partial charge in [-0.3, -0.25) is 0 Å². The van der Waals surface area contributed by atoms with Crippen molar-refractivity contribution in [2.24, 2.45) is 0 Å². The van der Waals surface area contributed by atoms with E-state index in [1.165, 1.54) is 44.5 Å². The van der Waals surface area contributed by atoms with Crippen LogP contribution >= 0.6 is 31.9 Å². The van der Waals surface area contributed by atoms with Crippen molar-refractivity contribution in [1.29, 1.82) is 0 Å². The SMILES string of the molecule is CC1(C)c2cc(N(c3ccc(-c4ccccc4)cc3)c3ccccc3Br)ccc2-c2ccc(N(c3ccc(-c4ccccc4)cc3)c3ccccc3Br)cc21. The fourth-order valence-electron chi connectivity index (χ4n) is 7.98. The Morgan fingerprint density at radius 1 is 0.345 bits per heavy atom. The molecule has 4 heteroatoms. The lowest BCUT2D eigenvalue weighted by atomic mass is 9.82. The fraction of sp³-hybridized carbons (Fsp3) is 0.0588. The third kappa shape index (κ3) is 6.50. The van der Waals surface area contributed by atoms with Gasteiger partial charge in [0.1, 0.15) is 0 Å². The van der Waals surface area contributed by atoms with Crippen LogP contribution in [0.3, 0.4) is 0 Å². The van der Waals surface area contributed by atoms with Gasteiger partial charge in [0.25, 0.3) is 0 Å². The largest absolute Gasteiger partial charge is 0.309 e. The first-order chi connectivity index (χ1) is 26.9. The zero-order chi connectivity index (χ0) is 37.5. The van der Waals surface area contributed by atoms with Crippen molar-refractivity contribution in [3.8, 4) is 33.4 Å². The third-order valence-corrected chi connectivity index (χ3v) is 12.2. The Bertz CT molecular complexity index is 2450. The van der Waals surface area contributed by atoms with Crippen molar-refractivity contribution in [3.63, 3.8) is 0 Å². The molecule has 0 aromatic heterocycles. The van der Waals surface area contributed by atoms with E-state index >= 15 is 0 Å². The Morgan fingerprint density at radius 3 is 1.05 bits per heavy atom. The molecule has 1 aliphatic rings. The first-order valence-corrected chi connectivity index (χ1v) is 20.2. The number of rotatable bonds is 8. The van der Waals surface area contributed by atoms with Crippen molar-refractivity contribution in [1.82, 2.24) is 0 Å². The van der Waals surface area contributed by atoms with Gasteiger partial charge < -0.3 is 9.80 Å². The smallest absolute Gasteiger partial charge is 0.0603 e. The van der Waals surface area contributed by atoms with Crippen molar-refractivity contribution in [3.05, 3.63) is 214 Å². The van der Waals surface area contributed by atoms with Gasteiger partial charge in [-0.2, -0.15) is 0 Å². The molecule has 55 heavy (non-hydrogen) atoms. The van der Waals surface area contributed by atoms with E-state index in [1.807, 2.05) is 0 Å². The normalized spacial score (nSPS) is 12.5. The maximum atomic E-state index is 3.88. The lowest BCUT2D eigenvalue weighted by molar-refractivity contribution is 0.660. The van der Waals surface area contributed by atoms with Crippen molar-refractivity contribution in [2.75, 3.05) is 9.80 Å². The molecule has 0 fully saturated rings. The minimum absolute atomic E-state index is 0.246. The zero-order valence-electron chi connectivity index (χ0n) is 30.6. The Morgan fingerprint density at radius 2 is 0.673 bits per heavy atom. The number of fused-ring (bicyclic) bond motifs is 3. The summed E-state index contributed by atoms with van der Waals surface area (Å²) in [6.45, 7) is 4.72. The molecule has 0 saturated heterocycles. The summed E-state index contributed by atoms with van der Waals surface area (Å²) < 4.78 is 2.08. The molecule has 8 aromatic carbocycles. The van der Waals surface area contributed by atoms with Crippen LogP contribution in [0.2, 0.25) is 0 Å². The van der Waals surface area contributed by atoms with E-state index in [-0.39, 0.29) is 5.41 Å². The van der Waals surface area contributed by atoms with E-state index in [0.717, 1.165) is 43.1 Å². The molecule has 0 spiro atoms. The highest BCUT2D eigenvalue weighted by Gasteiger charge is 2.37. The van der Waals surface area contributed by atoms with Gasteiger partial charge in [0.05, 0.1) is 11.4 Å². The lowest BCUT2D eigenvalue weighted by Gasteiger charge is -2.30. The maximum absolute atomic E-state index is 3.88. The van der Waals surface area contributed by atoms with Gasteiger partial charge in [-0.25, -0.2) is 0 Å². The molecule has 0 unspecified atom stereocenters. The van der Waals surface area contributed by atoms with Gasteiger partial charge in [-0.1, -0.05) is 135 Å². The van der Waals surface area contributed by atoms with E-state index < -0.39 is 0 Å². The summed E-state index contributed by atoms with van der Waals surface area (Å²) in [4.78, 5) is 4.72. The minimum atomic E-state index is -0.246. The van der Waals surface area contributed by atoms with Crippen LogP contribution in [0.1, 0.15) is 25.0 Å². The van der Waals surface area contributed by atoms with Gasteiger partial charge in [0, 0.05) is 37.1 Å². The van der Waals surface area contributed by atoms with Gasteiger partial charge in [-0.15, -0.1) is 0 Å². The third-order valence-electron chi connectivity index (χ3n) is 10.8. The summed E-state index contributed by atoms with van der Waals surface area (Å²) in [5.74, 6) is 0. The summed E-state index contributed by atoms with van der Waals surface area (Å²) in [5, 5.41) is 0. The van der Waals surface area contributed by atoms with E-state index in [1.54, 1.807) is 0 Å². The first-order valence-electron chi connectivity index (χ1n) is 18.6. The number of para-hydroxylation sites is 2. The molecule has 266 valence electrons. The number of halogens is 2. The summed E-state index contributed by atoms with van der Waals surface area (Å²) in [6, 6.07) is 69.8. The molecule has 0 bridgehead atoms. The van der Waals surface area contributed by atoms with Crippen LogP contribution in [-0.4, -0.2) is 0 Å². The topological polar surface area (TPSA) is 6.48 Å². The molecule has 0 aliphatic heterocycles. The molecular formula is C51H38Br2N2. The van der Waals surface area contributed by atoms with Crippen LogP contribution in [0.5, 0.6) is 0 Å². The average Bonchev–Trinajstić information content (AvgIpc) is 3.45. The number of hydrogen-bond donors (Lipinski definition) is 0. The molecule has 9 rings (SSSR count). The van der Waals surface area contributed by atoms with Gasteiger partial charge in [0.2, 0.25) is 0 Å². The lowest BCUT2D eigenvalue weighted by Crippen LogP contribution is -2.18. The summed E-state index contributed by atoms with van der Waals surface area (Å²) >= 11 is 7.76. The van der Waals surface area contributed by atoms with E-state index in [9.17, 15) is 0 Å². The number of benzene rings is 8. The zero-order valence-corrected chi connectivity index (χ0v) is 33.8. The second-order valence-corrected chi connectivity index (χ2v) is 16.2. The van der Waals surface area contributed by atoms with E-state index in [2.05, 4.69) is 250 Å². The Labute approximate surface area is 340 Å². The van der Waals surface area contributed by atoms with Gasteiger partial charge in [0.15, 0.2) is 0 Å². The molecule has 8 aromatic rings. The highest BCUT2D eigenvalue weighted by molar-refractivity contribution is 9.11. The molecule has 2 nitrogen and oxygen atoms in total. The summed E-state index contributed by atoms with van der Waals surface area (Å²) in [7, 11) is 0. The first kappa shape index (κ1) is 35.0. The average molecular weight is 839 g/mol. The van der Waals surface area contributed by atoms with E-state index in [0.29, 0.717) is 0 Å². The molecule has 0 amide bonds. The number of anilines is 6. The molecule has 0 saturated carbocycles. The molecule has 0 N–H and O–H groups in total. The van der Waals surface area contributed by atoms with Crippen LogP contribution in [0, 0.1) is 0 Å². The molecule has 1 aliphatic carbocycles. The van der Waals surface area contributed by atoms with Gasteiger partial charge >= 0.3 is 0 Å². The van der Waals surface area contributed by atoms with Crippen LogP contribution in [-0.2, 0) is 5.41 Å². The predicted molar refractivity (Wildman–Crippen MR) is 240 cm³/mol. The number of hydrogen-bond acceptors (Lipinski definition) is 2. The van der Waals surface area contributed by atoms with E-state index in [4.69, 9.17) is 0 Å². The van der Waals surface area contributed by atoms with Crippen LogP contribution in [0.4, 0.5) is 34.1 Å². The second kappa shape index (κ2) is 14.5. The van der Waals surface area contributed by atoms with Crippen molar-refractivity contribution < 1.29 is 0 Å². The highest BCUT2D eigenvalue weighted by Crippen LogP contribution is 2.53. The van der Waals surface area contributed by atoms with Crippen molar-refractivity contribution in [2.45, 2.75) is 19.3 Å². The maximum Gasteiger partial charge on any atom is 0.0603 e. The predicted octanol–water partition coefficient (Wildman–Crippen LogP) is 15.8. The molecule has 0 radical (unpaired) electrons. The summed E-state index contributed by atoms with van der Waals surface area (Å²) in [6.07, 6.45) is 0. The second-order valence-electron chi connectivity index (χ2n) is 14.5. The molecule has 0 heterocycles. The Hall–Kier alpha value is -5.68. The van der Waals surface area contributed by atoms with Crippen LogP contribution < -0.4 is 9.80 Å². The Balaban J connectivity index is 1.12. The quantitative estimate of drug-likeness (QED) is 0.150. The molecule has 0 atom stereocenters. The monoisotopic (exact) mass is 836 g/mol. The van der Waals surface area contributed by atoms with Crippen LogP contribution in [0.15, 0.2) is 203 Å². The highest BCUT2D eigenvalue weighted by atomic mass is 79.9. The van der Waals surface area contributed by atoms with Crippen LogP contribution in [0.25, 0.3) is 33.4 Å². The standard InChI is InChI=1S/C51H38Br2N2/c1-51(2)45-33-41(54(49-19-11-9-17-47(49)52)39-25-21-37(22-26-39)35-13-5-3-6-14-35)29-31-43(45)44-32-30-42(34-46(44)51)55(50-20-12-10-18-48(50)53)40-27-23-38(24-28-40)36-15-7-4-8-16-36/h3-34H,1-2H3. The van der Waals surface area contributed by atoms with Crippen molar-refractivity contribution >= 4 is 66.0 Å².